The molecule has 2 atom stereocenters. The van der Waals surface area contributed by atoms with Crippen LogP contribution in [0.25, 0.3) is 0 Å². The van der Waals surface area contributed by atoms with Gasteiger partial charge in [0.05, 0.1) is 21.3 Å². The molecule has 0 bridgehead atoms. The average molecular weight is 470 g/mol. The molecule has 2 fully saturated rings. The summed E-state index contributed by atoms with van der Waals surface area (Å²) >= 11 is 0. The van der Waals surface area contributed by atoms with Crippen molar-refractivity contribution in [2.24, 2.45) is 5.92 Å². The molecule has 4 rings (SSSR count). The molecule has 2 amide bonds. The average Bonchev–Trinajstić information content (AvgIpc) is 3.38. The lowest BCUT2D eigenvalue weighted by Gasteiger charge is -2.33. The fourth-order valence-electron chi connectivity index (χ4n) is 4.50. The zero-order valence-corrected chi connectivity index (χ0v) is 19.7. The largest absolute Gasteiger partial charge is 0.493 e. The first-order valence-electron chi connectivity index (χ1n) is 11.3. The lowest BCUT2D eigenvalue weighted by Crippen LogP contribution is -2.49. The Labute approximate surface area is 198 Å². The van der Waals surface area contributed by atoms with Crippen LogP contribution in [-0.4, -0.2) is 62.2 Å². The number of carbonyl (C=O) groups excluding carboxylic acids is 2. The Balaban J connectivity index is 1.31. The SMILES string of the molecule is COc1cc(NC(=O)C2CCN(C(=O)C3CC(c4cccnc4)NN3)CC2)cc(OC)c1OC. The van der Waals surface area contributed by atoms with E-state index in [4.69, 9.17) is 14.2 Å². The number of nitrogens with zero attached hydrogens (tertiary/aromatic N) is 2. The Bertz CT molecular complexity index is 985. The molecule has 3 N–H and O–H groups in total. The van der Waals surface area contributed by atoms with Crippen molar-refractivity contribution in [2.75, 3.05) is 39.7 Å². The zero-order chi connectivity index (χ0) is 24.1. The molecule has 1 aromatic heterocycles. The highest BCUT2D eigenvalue weighted by Gasteiger charge is 2.35. The number of hydrazine groups is 1. The van der Waals surface area contributed by atoms with Gasteiger partial charge in [-0.2, -0.15) is 0 Å². The minimum absolute atomic E-state index is 0.0458. The number of pyridine rings is 1. The molecule has 182 valence electrons. The third-order valence-electron chi connectivity index (χ3n) is 6.40. The number of nitrogens with one attached hydrogen (secondary N) is 3. The monoisotopic (exact) mass is 469 g/mol. The number of carbonyl (C=O) groups is 2. The number of likely N-dealkylation sites (tertiary alicyclic amines) is 1. The van der Waals surface area contributed by atoms with Crippen LogP contribution in [0.4, 0.5) is 5.69 Å². The fraction of sp³-hybridized carbons (Fsp3) is 0.458. The van der Waals surface area contributed by atoms with Gasteiger partial charge < -0.3 is 24.4 Å². The van der Waals surface area contributed by atoms with E-state index in [1.165, 1.54) is 21.3 Å². The maximum absolute atomic E-state index is 13.0. The first-order valence-corrected chi connectivity index (χ1v) is 11.3. The van der Waals surface area contributed by atoms with Gasteiger partial charge in [-0.15, -0.1) is 0 Å². The van der Waals surface area contributed by atoms with Gasteiger partial charge in [0.15, 0.2) is 11.5 Å². The number of hydrogen-bond donors (Lipinski definition) is 3. The summed E-state index contributed by atoms with van der Waals surface area (Å²) in [4.78, 5) is 31.9. The van der Waals surface area contributed by atoms with Crippen LogP contribution in [0, 0.1) is 5.92 Å². The van der Waals surface area contributed by atoms with Crippen LogP contribution in [0.5, 0.6) is 17.2 Å². The molecule has 1 aromatic carbocycles. The van der Waals surface area contributed by atoms with E-state index in [-0.39, 0.29) is 29.8 Å². The van der Waals surface area contributed by atoms with E-state index >= 15 is 0 Å². The molecule has 2 saturated heterocycles. The number of rotatable bonds is 7. The van der Waals surface area contributed by atoms with Gasteiger partial charge >= 0.3 is 0 Å². The zero-order valence-electron chi connectivity index (χ0n) is 19.7. The molecule has 0 spiro atoms. The predicted molar refractivity (Wildman–Crippen MR) is 126 cm³/mol. The van der Waals surface area contributed by atoms with Gasteiger partial charge in [-0.25, -0.2) is 10.9 Å². The smallest absolute Gasteiger partial charge is 0.241 e. The molecular weight excluding hydrogens is 438 g/mol. The van der Waals surface area contributed by atoms with Crippen molar-refractivity contribution >= 4 is 17.5 Å². The minimum Gasteiger partial charge on any atom is -0.493 e. The second-order valence-corrected chi connectivity index (χ2v) is 8.42. The second-order valence-electron chi connectivity index (χ2n) is 8.42. The van der Waals surface area contributed by atoms with Crippen LogP contribution >= 0.6 is 0 Å². The van der Waals surface area contributed by atoms with Crippen LogP contribution in [0.3, 0.4) is 0 Å². The quantitative estimate of drug-likeness (QED) is 0.563. The highest BCUT2D eigenvalue weighted by molar-refractivity contribution is 5.93. The number of aromatic nitrogens is 1. The van der Waals surface area contributed by atoms with E-state index in [1.807, 2.05) is 23.2 Å². The molecule has 0 saturated carbocycles. The molecule has 2 unspecified atom stereocenters. The van der Waals surface area contributed by atoms with Crippen molar-refractivity contribution < 1.29 is 23.8 Å². The van der Waals surface area contributed by atoms with E-state index in [1.54, 1.807) is 18.3 Å². The Morgan fingerprint density at radius 2 is 1.76 bits per heavy atom. The summed E-state index contributed by atoms with van der Waals surface area (Å²) in [5.74, 6) is 1.21. The maximum atomic E-state index is 13.0. The molecule has 2 aromatic rings. The molecule has 3 heterocycles. The Morgan fingerprint density at radius 3 is 2.35 bits per heavy atom. The van der Waals surface area contributed by atoms with Gasteiger partial charge in [-0.05, 0) is 30.9 Å². The van der Waals surface area contributed by atoms with E-state index in [0.29, 0.717) is 55.3 Å². The number of anilines is 1. The number of amides is 2. The summed E-state index contributed by atoms with van der Waals surface area (Å²) < 4.78 is 16.0. The molecule has 2 aliphatic rings. The molecule has 34 heavy (non-hydrogen) atoms. The topological polar surface area (TPSA) is 114 Å². The summed E-state index contributed by atoms with van der Waals surface area (Å²) in [6.45, 7) is 1.09. The lowest BCUT2D eigenvalue weighted by atomic mass is 9.94. The third-order valence-corrected chi connectivity index (χ3v) is 6.40. The van der Waals surface area contributed by atoms with E-state index in [9.17, 15) is 9.59 Å². The van der Waals surface area contributed by atoms with Gasteiger partial charge in [-0.1, -0.05) is 6.07 Å². The Morgan fingerprint density at radius 1 is 1.06 bits per heavy atom. The molecule has 2 aliphatic heterocycles. The summed E-state index contributed by atoms with van der Waals surface area (Å²) in [5, 5.41) is 2.95. The molecule has 10 nitrogen and oxygen atoms in total. The van der Waals surface area contributed by atoms with E-state index in [0.717, 1.165) is 5.56 Å². The van der Waals surface area contributed by atoms with Crippen molar-refractivity contribution in [3.05, 3.63) is 42.2 Å². The van der Waals surface area contributed by atoms with Crippen molar-refractivity contribution in [1.29, 1.82) is 0 Å². The van der Waals surface area contributed by atoms with Crippen LogP contribution < -0.4 is 30.4 Å². The Hall–Kier alpha value is -3.37. The number of benzene rings is 1. The number of methoxy groups -OCH3 is 3. The van der Waals surface area contributed by atoms with Gasteiger partial charge in [0, 0.05) is 55.3 Å². The highest BCUT2D eigenvalue weighted by atomic mass is 16.5. The third kappa shape index (κ3) is 5.07. The summed E-state index contributed by atoms with van der Waals surface area (Å²) in [6.07, 6.45) is 5.41. The standard InChI is InChI=1S/C24H31N5O5/c1-32-20-11-17(12-21(33-2)22(20)34-3)26-23(30)15-6-9-29(10-7-15)24(31)19-13-18(27-28-19)16-5-4-8-25-14-16/h4-5,8,11-12,14-15,18-19,27-28H,6-7,9-10,13H2,1-3H3,(H,26,30). The maximum Gasteiger partial charge on any atom is 0.241 e. The summed E-state index contributed by atoms with van der Waals surface area (Å²) in [6, 6.07) is 7.04. The molecule has 0 aliphatic carbocycles. The van der Waals surface area contributed by atoms with Crippen molar-refractivity contribution in [3.63, 3.8) is 0 Å². The van der Waals surface area contributed by atoms with Crippen LogP contribution in [0.1, 0.15) is 30.9 Å². The lowest BCUT2D eigenvalue weighted by molar-refractivity contribution is -0.136. The molecule has 0 radical (unpaired) electrons. The van der Waals surface area contributed by atoms with Crippen molar-refractivity contribution in [1.82, 2.24) is 20.7 Å². The van der Waals surface area contributed by atoms with Gasteiger partial charge in [-0.3, -0.25) is 14.6 Å². The first-order chi connectivity index (χ1) is 16.5. The van der Waals surface area contributed by atoms with E-state index < -0.39 is 0 Å². The van der Waals surface area contributed by atoms with Gasteiger partial charge in [0.25, 0.3) is 0 Å². The fourth-order valence-corrected chi connectivity index (χ4v) is 4.50. The van der Waals surface area contributed by atoms with Crippen LogP contribution in [0.2, 0.25) is 0 Å². The van der Waals surface area contributed by atoms with Crippen molar-refractivity contribution in [3.8, 4) is 17.2 Å². The second kappa shape index (κ2) is 10.7. The minimum atomic E-state index is -0.296. The van der Waals surface area contributed by atoms with Crippen molar-refractivity contribution in [2.45, 2.75) is 31.3 Å². The molecular formula is C24H31N5O5. The number of ether oxygens (including phenoxy) is 3. The van der Waals surface area contributed by atoms with E-state index in [2.05, 4.69) is 21.2 Å². The number of piperidine rings is 1. The summed E-state index contributed by atoms with van der Waals surface area (Å²) in [7, 11) is 4.59. The summed E-state index contributed by atoms with van der Waals surface area (Å²) in [5.41, 5.74) is 7.93. The predicted octanol–water partition coefficient (Wildman–Crippen LogP) is 1.89. The number of hydrogen-bond acceptors (Lipinski definition) is 8. The molecule has 10 heteroatoms. The van der Waals surface area contributed by atoms with Gasteiger partial charge in [0.2, 0.25) is 17.6 Å². The first kappa shape index (κ1) is 23.8. The van der Waals surface area contributed by atoms with Crippen LogP contribution in [-0.2, 0) is 9.59 Å². The van der Waals surface area contributed by atoms with Crippen LogP contribution in [0.15, 0.2) is 36.7 Å². The van der Waals surface area contributed by atoms with Gasteiger partial charge in [0.1, 0.15) is 6.04 Å². The normalized spacial score (nSPS) is 20.6. The highest BCUT2D eigenvalue weighted by Crippen LogP contribution is 2.40. The Kier molecular flexibility index (Phi) is 7.49.